The van der Waals surface area contributed by atoms with Crippen molar-refractivity contribution < 1.29 is 0 Å². The summed E-state index contributed by atoms with van der Waals surface area (Å²) in [7, 11) is 0. The van der Waals surface area contributed by atoms with Crippen LogP contribution in [0.2, 0.25) is 0 Å². The molecule has 0 radical (unpaired) electrons. The molecule has 1 nitrogen and oxygen atoms in total. The molecule has 80 valence electrons. The van der Waals surface area contributed by atoms with Crippen molar-refractivity contribution in [1.82, 2.24) is 0 Å². The number of thiocarbonyl (C=S) groups is 1. The van der Waals surface area contributed by atoms with E-state index in [2.05, 4.69) is 21.2 Å². The van der Waals surface area contributed by atoms with Crippen molar-refractivity contribution in [3.63, 3.8) is 0 Å². The van der Waals surface area contributed by atoms with Crippen molar-refractivity contribution in [1.29, 1.82) is 0 Å². The van der Waals surface area contributed by atoms with Gasteiger partial charge in [-0.05, 0) is 24.3 Å². The van der Waals surface area contributed by atoms with E-state index in [1.807, 2.05) is 54.6 Å². The number of para-hydroxylation sites is 1. The smallest absolute Gasteiger partial charge is 0.111 e. The van der Waals surface area contributed by atoms with Gasteiger partial charge in [-0.1, -0.05) is 58.5 Å². The molecule has 2 rings (SSSR count). The molecule has 0 spiro atoms. The Kier molecular flexibility index (Phi) is 3.70. The minimum atomic E-state index is 0.729. The van der Waals surface area contributed by atoms with Gasteiger partial charge in [-0.15, -0.1) is 0 Å². The Labute approximate surface area is 109 Å². The van der Waals surface area contributed by atoms with E-state index in [9.17, 15) is 0 Å². The highest BCUT2D eigenvalue weighted by atomic mass is 79.9. The van der Waals surface area contributed by atoms with Crippen molar-refractivity contribution in [3.05, 3.63) is 64.6 Å². The Morgan fingerprint density at radius 3 is 2.44 bits per heavy atom. The second-order valence-electron chi connectivity index (χ2n) is 3.33. The molecular formula is C13H10BrNS. The zero-order valence-corrected chi connectivity index (χ0v) is 10.9. The Morgan fingerprint density at radius 1 is 1.00 bits per heavy atom. The Bertz CT molecular complexity index is 496. The lowest BCUT2D eigenvalue weighted by Gasteiger charge is -2.07. The lowest BCUT2D eigenvalue weighted by molar-refractivity contribution is 1.58. The van der Waals surface area contributed by atoms with Crippen LogP contribution in [0, 0.1) is 0 Å². The van der Waals surface area contributed by atoms with Crippen LogP contribution in [-0.4, -0.2) is 4.99 Å². The zero-order chi connectivity index (χ0) is 11.4. The Hall–Kier alpha value is -1.19. The standard InChI is InChI=1S/C13H10BrNS/c14-11-6-4-5-10(9-11)13(16)15-12-7-2-1-3-8-12/h1-9H,(H,15,16). The Morgan fingerprint density at radius 2 is 1.75 bits per heavy atom. The summed E-state index contributed by atoms with van der Waals surface area (Å²) in [6.07, 6.45) is 0. The van der Waals surface area contributed by atoms with Crippen molar-refractivity contribution in [3.8, 4) is 0 Å². The first kappa shape index (κ1) is 11.3. The van der Waals surface area contributed by atoms with E-state index in [4.69, 9.17) is 12.2 Å². The quantitative estimate of drug-likeness (QED) is 0.831. The third-order valence-electron chi connectivity index (χ3n) is 2.12. The summed E-state index contributed by atoms with van der Waals surface area (Å²) in [5, 5.41) is 3.20. The predicted molar refractivity (Wildman–Crippen MR) is 75.9 cm³/mol. The fourth-order valence-electron chi connectivity index (χ4n) is 1.35. The molecule has 0 aliphatic heterocycles. The monoisotopic (exact) mass is 291 g/mol. The van der Waals surface area contributed by atoms with E-state index in [0.717, 1.165) is 20.7 Å². The number of hydrogen-bond donors (Lipinski definition) is 1. The normalized spacial score (nSPS) is 9.81. The molecule has 0 aromatic heterocycles. The number of anilines is 1. The van der Waals surface area contributed by atoms with Gasteiger partial charge in [0.25, 0.3) is 0 Å². The molecule has 1 N–H and O–H groups in total. The number of hydrogen-bond acceptors (Lipinski definition) is 1. The van der Waals surface area contributed by atoms with Crippen molar-refractivity contribution in [2.24, 2.45) is 0 Å². The summed E-state index contributed by atoms with van der Waals surface area (Å²) in [6, 6.07) is 17.9. The molecule has 2 aromatic rings. The van der Waals surface area contributed by atoms with Crippen molar-refractivity contribution in [2.75, 3.05) is 5.32 Å². The average Bonchev–Trinajstić information content (AvgIpc) is 2.30. The third kappa shape index (κ3) is 2.90. The lowest BCUT2D eigenvalue weighted by Crippen LogP contribution is -2.10. The fraction of sp³-hybridized carbons (Fsp3) is 0. The molecule has 0 bridgehead atoms. The van der Waals surface area contributed by atoms with E-state index in [-0.39, 0.29) is 0 Å². The van der Waals surface area contributed by atoms with Gasteiger partial charge >= 0.3 is 0 Å². The van der Waals surface area contributed by atoms with Gasteiger partial charge in [0.05, 0.1) is 0 Å². The topological polar surface area (TPSA) is 12.0 Å². The fourth-order valence-corrected chi connectivity index (χ4v) is 2.00. The molecule has 0 saturated carbocycles. The number of benzene rings is 2. The van der Waals surface area contributed by atoms with Gasteiger partial charge in [-0.3, -0.25) is 0 Å². The summed E-state index contributed by atoms with van der Waals surface area (Å²) in [6.45, 7) is 0. The molecule has 2 aromatic carbocycles. The average molecular weight is 292 g/mol. The van der Waals surface area contributed by atoms with Crippen LogP contribution in [0.4, 0.5) is 5.69 Å². The van der Waals surface area contributed by atoms with Gasteiger partial charge < -0.3 is 5.32 Å². The molecule has 3 heteroatoms. The van der Waals surface area contributed by atoms with Crippen LogP contribution in [-0.2, 0) is 0 Å². The summed E-state index contributed by atoms with van der Waals surface area (Å²) < 4.78 is 1.03. The van der Waals surface area contributed by atoms with Gasteiger partial charge in [0.1, 0.15) is 4.99 Å². The van der Waals surface area contributed by atoms with Crippen molar-refractivity contribution >= 4 is 38.8 Å². The van der Waals surface area contributed by atoms with Crippen LogP contribution in [0.15, 0.2) is 59.1 Å². The van der Waals surface area contributed by atoms with Gasteiger partial charge in [0, 0.05) is 15.7 Å². The minimum absolute atomic E-state index is 0.729. The molecule has 0 atom stereocenters. The molecule has 0 aliphatic rings. The number of halogens is 1. The first-order valence-electron chi connectivity index (χ1n) is 4.88. The third-order valence-corrected chi connectivity index (χ3v) is 2.95. The van der Waals surface area contributed by atoms with Crippen LogP contribution < -0.4 is 5.32 Å². The summed E-state index contributed by atoms with van der Waals surface area (Å²) >= 11 is 8.76. The molecule has 0 unspecified atom stereocenters. The zero-order valence-electron chi connectivity index (χ0n) is 8.48. The summed E-state index contributed by atoms with van der Waals surface area (Å²) in [5.74, 6) is 0. The lowest BCUT2D eigenvalue weighted by atomic mass is 10.2. The molecule has 0 heterocycles. The number of rotatable bonds is 2. The predicted octanol–water partition coefficient (Wildman–Crippen LogP) is 4.24. The summed E-state index contributed by atoms with van der Waals surface area (Å²) in [5.41, 5.74) is 2.01. The second-order valence-corrected chi connectivity index (χ2v) is 4.65. The van der Waals surface area contributed by atoms with Crippen LogP contribution >= 0.6 is 28.1 Å². The maximum atomic E-state index is 5.33. The van der Waals surface area contributed by atoms with E-state index in [1.54, 1.807) is 0 Å². The molecule has 0 fully saturated rings. The molecule has 0 aliphatic carbocycles. The van der Waals surface area contributed by atoms with Gasteiger partial charge in [0.15, 0.2) is 0 Å². The largest absolute Gasteiger partial charge is 0.346 e. The van der Waals surface area contributed by atoms with Crippen LogP contribution in [0.5, 0.6) is 0 Å². The van der Waals surface area contributed by atoms with E-state index in [1.165, 1.54) is 0 Å². The van der Waals surface area contributed by atoms with Gasteiger partial charge in [-0.25, -0.2) is 0 Å². The number of nitrogens with one attached hydrogen (secondary N) is 1. The first-order chi connectivity index (χ1) is 7.75. The maximum absolute atomic E-state index is 5.33. The molecular weight excluding hydrogens is 282 g/mol. The molecule has 0 saturated heterocycles. The maximum Gasteiger partial charge on any atom is 0.111 e. The molecule has 16 heavy (non-hydrogen) atoms. The van der Waals surface area contributed by atoms with E-state index >= 15 is 0 Å². The highest BCUT2D eigenvalue weighted by Gasteiger charge is 2.01. The summed E-state index contributed by atoms with van der Waals surface area (Å²) in [4.78, 5) is 0.729. The minimum Gasteiger partial charge on any atom is -0.346 e. The molecule has 0 amide bonds. The van der Waals surface area contributed by atoms with Crippen LogP contribution in [0.3, 0.4) is 0 Å². The van der Waals surface area contributed by atoms with Crippen LogP contribution in [0.1, 0.15) is 5.56 Å². The van der Waals surface area contributed by atoms with E-state index < -0.39 is 0 Å². The highest BCUT2D eigenvalue weighted by molar-refractivity contribution is 9.10. The Balaban J connectivity index is 2.15. The SMILES string of the molecule is S=C(Nc1ccccc1)c1cccc(Br)c1. The van der Waals surface area contributed by atoms with Gasteiger partial charge in [0.2, 0.25) is 0 Å². The van der Waals surface area contributed by atoms with Gasteiger partial charge in [-0.2, -0.15) is 0 Å². The van der Waals surface area contributed by atoms with Crippen LogP contribution in [0.25, 0.3) is 0 Å². The first-order valence-corrected chi connectivity index (χ1v) is 6.08. The highest BCUT2D eigenvalue weighted by Crippen LogP contribution is 2.14. The van der Waals surface area contributed by atoms with E-state index in [0.29, 0.717) is 0 Å². The second kappa shape index (κ2) is 5.23. The van der Waals surface area contributed by atoms with Crippen molar-refractivity contribution in [2.45, 2.75) is 0 Å².